The second-order valence-corrected chi connectivity index (χ2v) is 6.95. The van der Waals surface area contributed by atoms with Crippen LogP contribution in [0.15, 0.2) is 53.1 Å². The lowest BCUT2D eigenvalue weighted by atomic mass is 10.1. The molecule has 1 unspecified atom stereocenters. The van der Waals surface area contributed by atoms with Gasteiger partial charge in [-0.2, -0.15) is 4.98 Å². The van der Waals surface area contributed by atoms with Gasteiger partial charge in [0.2, 0.25) is 5.82 Å². The van der Waals surface area contributed by atoms with Crippen molar-refractivity contribution in [3.63, 3.8) is 0 Å². The van der Waals surface area contributed by atoms with Crippen molar-refractivity contribution >= 4 is 11.6 Å². The number of nitrogens with zero attached hydrogens (tertiary/aromatic N) is 5. The second-order valence-electron chi connectivity index (χ2n) is 6.54. The maximum atomic E-state index is 6.30. The van der Waals surface area contributed by atoms with Crippen LogP contribution in [0.3, 0.4) is 0 Å². The van der Waals surface area contributed by atoms with Crippen molar-refractivity contribution in [3.8, 4) is 28.7 Å². The molecule has 1 aliphatic heterocycles. The van der Waals surface area contributed by atoms with Gasteiger partial charge < -0.3 is 14.0 Å². The second kappa shape index (κ2) is 7.31. The topological polar surface area (TPSA) is 88.1 Å². The summed E-state index contributed by atoms with van der Waals surface area (Å²) >= 11 is 6.30. The molecule has 0 aliphatic carbocycles. The molecule has 0 fully saturated rings. The number of fused-ring (bicyclic) bond motifs is 1. The number of methoxy groups -OCH3 is 1. The summed E-state index contributed by atoms with van der Waals surface area (Å²) in [6, 6.07) is 15.0. The predicted octanol–water partition coefficient (Wildman–Crippen LogP) is 3.93. The number of ether oxygens (including phenoxy) is 2. The third-order valence-electron chi connectivity index (χ3n) is 4.82. The van der Waals surface area contributed by atoms with Crippen molar-refractivity contribution < 1.29 is 14.0 Å². The Morgan fingerprint density at radius 2 is 1.97 bits per heavy atom. The van der Waals surface area contributed by atoms with Crippen LogP contribution in [0.4, 0.5) is 0 Å². The molecule has 2 aromatic heterocycles. The predicted molar refractivity (Wildman–Crippen MR) is 104 cm³/mol. The Morgan fingerprint density at radius 3 is 2.76 bits per heavy atom. The standard InChI is InChI=1S/C20H16ClN5O3/c1-27-13-8-6-12(7-9-13)20-22-19(24-29-20)18-16-11-28-17(10-26(16)25-23-18)14-4-2-3-5-15(14)21/h2-9,17H,10-11H2,1H3. The lowest BCUT2D eigenvalue weighted by Crippen LogP contribution is -2.22. The molecule has 5 rings (SSSR count). The van der Waals surface area contributed by atoms with Crippen molar-refractivity contribution in [2.24, 2.45) is 0 Å². The van der Waals surface area contributed by atoms with Crippen molar-refractivity contribution in [1.29, 1.82) is 0 Å². The first-order valence-electron chi connectivity index (χ1n) is 9.00. The molecule has 9 heteroatoms. The van der Waals surface area contributed by atoms with Gasteiger partial charge in [0, 0.05) is 16.1 Å². The molecule has 4 aromatic rings. The molecular formula is C20H16ClN5O3. The quantitative estimate of drug-likeness (QED) is 0.504. The minimum Gasteiger partial charge on any atom is -0.497 e. The van der Waals surface area contributed by atoms with Gasteiger partial charge in [-0.1, -0.05) is 40.2 Å². The van der Waals surface area contributed by atoms with Gasteiger partial charge in [0.05, 0.1) is 26.0 Å². The molecule has 0 radical (unpaired) electrons. The van der Waals surface area contributed by atoms with Gasteiger partial charge >= 0.3 is 0 Å². The van der Waals surface area contributed by atoms with E-state index in [1.165, 1.54) is 0 Å². The minimum atomic E-state index is -0.189. The van der Waals surface area contributed by atoms with Crippen LogP contribution < -0.4 is 4.74 Å². The fraction of sp³-hybridized carbons (Fsp3) is 0.200. The van der Waals surface area contributed by atoms with Crippen LogP contribution in [-0.2, 0) is 17.9 Å². The van der Waals surface area contributed by atoms with Gasteiger partial charge in [0.15, 0.2) is 5.69 Å². The molecule has 0 saturated carbocycles. The van der Waals surface area contributed by atoms with Gasteiger partial charge in [0.1, 0.15) is 11.9 Å². The lowest BCUT2D eigenvalue weighted by Gasteiger charge is -2.24. The summed E-state index contributed by atoms with van der Waals surface area (Å²) in [5.41, 5.74) is 3.07. The Labute approximate surface area is 171 Å². The van der Waals surface area contributed by atoms with Crippen LogP contribution in [0, 0.1) is 0 Å². The van der Waals surface area contributed by atoms with E-state index in [1.54, 1.807) is 11.8 Å². The van der Waals surface area contributed by atoms with Gasteiger partial charge in [0.25, 0.3) is 5.89 Å². The van der Waals surface area contributed by atoms with Gasteiger partial charge in [-0.3, -0.25) is 0 Å². The van der Waals surface area contributed by atoms with Crippen molar-refractivity contribution in [3.05, 3.63) is 64.8 Å². The normalized spacial score (nSPS) is 15.9. The highest BCUT2D eigenvalue weighted by molar-refractivity contribution is 6.31. The Bertz CT molecular complexity index is 1160. The van der Waals surface area contributed by atoms with E-state index in [0.717, 1.165) is 22.6 Å². The maximum absolute atomic E-state index is 6.30. The average molecular weight is 410 g/mol. The van der Waals surface area contributed by atoms with Crippen LogP contribution in [0.25, 0.3) is 23.0 Å². The van der Waals surface area contributed by atoms with E-state index in [4.69, 9.17) is 25.6 Å². The number of hydrogen-bond donors (Lipinski definition) is 0. The molecule has 1 aliphatic rings. The third kappa shape index (κ3) is 3.26. The third-order valence-corrected chi connectivity index (χ3v) is 5.17. The molecule has 1 atom stereocenters. The molecule has 146 valence electrons. The summed E-state index contributed by atoms with van der Waals surface area (Å²) in [5, 5.41) is 13.2. The Morgan fingerprint density at radius 1 is 1.14 bits per heavy atom. The van der Waals surface area contributed by atoms with Crippen LogP contribution >= 0.6 is 11.6 Å². The molecule has 0 N–H and O–H groups in total. The summed E-state index contributed by atoms with van der Waals surface area (Å²) in [6.07, 6.45) is -0.189. The molecule has 0 spiro atoms. The molecule has 0 amide bonds. The van der Waals surface area contributed by atoms with E-state index < -0.39 is 0 Å². The smallest absolute Gasteiger partial charge is 0.258 e. The molecule has 8 nitrogen and oxygen atoms in total. The van der Waals surface area contributed by atoms with Crippen LogP contribution in [0.5, 0.6) is 5.75 Å². The maximum Gasteiger partial charge on any atom is 0.258 e. The minimum absolute atomic E-state index is 0.189. The van der Waals surface area contributed by atoms with Crippen LogP contribution in [0.2, 0.25) is 5.02 Å². The highest BCUT2D eigenvalue weighted by Gasteiger charge is 2.28. The van der Waals surface area contributed by atoms with E-state index in [9.17, 15) is 0 Å². The molecule has 29 heavy (non-hydrogen) atoms. The molecular weight excluding hydrogens is 394 g/mol. The highest BCUT2D eigenvalue weighted by atomic mass is 35.5. The monoisotopic (exact) mass is 409 g/mol. The van der Waals surface area contributed by atoms with E-state index in [2.05, 4.69) is 20.5 Å². The first-order valence-corrected chi connectivity index (χ1v) is 9.37. The van der Waals surface area contributed by atoms with E-state index in [-0.39, 0.29) is 6.10 Å². The largest absolute Gasteiger partial charge is 0.497 e. The van der Waals surface area contributed by atoms with Crippen molar-refractivity contribution in [2.45, 2.75) is 19.3 Å². The van der Waals surface area contributed by atoms with Crippen molar-refractivity contribution in [1.82, 2.24) is 25.1 Å². The van der Waals surface area contributed by atoms with Crippen LogP contribution in [0.1, 0.15) is 17.4 Å². The number of benzene rings is 2. The summed E-state index contributed by atoms with van der Waals surface area (Å²) in [4.78, 5) is 4.47. The summed E-state index contributed by atoms with van der Waals surface area (Å²) in [5.74, 6) is 1.53. The fourth-order valence-electron chi connectivity index (χ4n) is 3.28. The zero-order valence-electron chi connectivity index (χ0n) is 15.4. The Balaban J connectivity index is 1.41. The van der Waals surface area contributed by atoms with Gasteiger partial charge in [-0.15, -0.1) is 5.10 Å². The summed E-state index contributed by atoms with van der Waals surface area (Å²) < 4.78 is 18.4. The molecule has 3 heterocycles. The Kier molecular flexibility index (Phi) is 4.49. The molecule has 0 bridgehead atoms. The number of halogens is 1. The number of hydrogen-bond acceptors (Lipinski definition) is 7. The number of rotatable bonds is 4. The summed E-state index contributed by atoms with van der Waals surface area (Å²) in [7, 11) is 1.62. The zero-order chi connectivity index (χ0) is 19.8. The first kappa shape index (κ1) is 17.8. The van der Waals surface area contributed by atoms with Gasteiger partial charge in [-0.25, -0.2) is 4.68 Å². The van der Waals surface area contributed by atoms with E-state index >= 15 is 0 Å². The first-order chi connectivity index (χ1) is 14.2. The fourth-order valence-corrected chi connectivity index (χ4v) is 3.54. The van der Waals surface area contributed by atoms with E-state index in [0.29, 0.717) is 35.6 Å². The van der Waals surface area contributed by atoms with Gasteiger partial charge in [-0.05, 0) is 30.3 Å². The zero-order valence-corrected chi connectivity index (χ0v) is 16.2. The molecule has 2 aromatic carbocycles. The van der Waals surface area contributed by atoms with Crippen LogP contribution in [-0.4, -0.2) is 32.2 Å². The SMILES string of the molecule is COc1ccc(-c2nc(-c3nnn4c3COC(c3ccccc3Cl)C4)no2)cc1. The average Bonchev–Trinajstić information content (AvgIpc) is 3.41. The lowest BCUT2D eigenvalue weighted by molar-refractivity contribution is -0.00106. The number of aromatic nitrogens is 5. The highest BCUT2D eigenvalue weighted by Crippen LogP contribution is 2.33. The van der Waals surface area contributed by atoms with Crippen molar-refractivity contribution in [2.75, 3.05) is 7.11 Å². The van der Waals surface area contributed by atoms with E-state index in [1.807, 2.05) is 48.5 Å². The Hall–Kier alpha value is -3.23. The molecule has 0 saturated heterocycles. The summed E-state index contributed by atoms with van der Waals surface area (Å²) in [6.45, 7) is 0.833.